The smallest absolute Gasteiger partial charge is 0.133 e. The Labute approximate surface area is 110 Å². The molecule has 2 heterocycles. The van der Waals surface area contributed by atoms with Gasteiger partial charge in [0, 0.05) is 18.5 Å². The van der Waals surface area contributed by atoms with Crippen LogP contribution >= 0.6 is 0 Å². The first kappa shape index (κ1) is 12.0. The maximum atomic E-state index is 13.1. The summed E-state index contributed by atoms with van der Waals surface area (Å²) in [5.74, 6) is 0.593. The molecule has 0 spiro atoms. The highest BCUT2D eigenvalue weighted by Crippen LogP contribution is 2.21. The van der Waals surface area contributed by atoms with Gasteiger partial charge in [0.2, 0.25) is 0 Å². The van der Waals surface area contributed by atoms with Crippen molar-refractivity contribution in [1.29, 1.82) is 0 Å². The molecule has 4 nitrogen and oxygen atoms in total. The van der Waals surface area contributed by atoms with Gasteiger partial charge in [0.1, 0.15) is 18.0 Å². The van der Waals surface area contributed by atoms with Crippen LogP contribution in [0.2, 0.25) is 0 Å². The molecule has 19 heavy (non-hydrogen) atoms. The van der Waals surface area contributed by atoms with Gasteiger partial charge in [0.05, 0.1) is 18.9 Å². The van der Waals surface area contributed by atoms with E-state index in [4.69, 9.17) is 4.74 Å². The summed E-state index contributed by atoms with van der Waals surface area (Å²) in [6.07, 6.45) is 2.34. The third-order valence-corrected chi connectivity index (χ3v) is 3.12. The van der Waals surface area contributed by atoms with Crippen LogP contribution < -0.4 is 5.32 Å². The number of anilines is 1. The summed E-state index contributed by atoms with van der Waals surface area (Å²) in [6.45, 7) is 1.77. The third kappa shape index (κ3) is 2.71. The van der Waals surface area contributed by atoms with E-state index >= 15 is 0 Å². The minimum Gasteiger partial charge on any atom is -0.375 e. The van der Waals surface area contributed by atoms with Crippen LogP contribution in [0.4, 0.5) is 10.2 Å². The molecule has 0 unspecified atom stereocenters. The van der Waals surface area contributed by atoms with Gasteiger partial charge >= 0.3 is 0 Å². The summed E-state index contributed by atoms with van der Waals surface area (Å²) >= 11 is 0. The van der Waals surface area contributed by atoms with Crippen molar-refractivity contribution in [1.82, 2.24) is 9.97 Å². The fourth-order valence-electron chi connectivity index (χ4n) is 2.16. The summed E-state index contributed by atoms with van der Waals surface area (Å²) in [5.41, 5.74) is 2.92. The van der Waals surface area contributed by atoms with Gasteiger partial charge in [-0.05, 0) is 17.7 Å². The number of fused-ring (bicyclic) bond motifs is 1. The molecule has 0 aliphatic carbocycles. The summed E-state index contributed by atoms with van der Waals surface area (Å²) < 4.78 is 18.5. The number of nitrogens with one attached hydrogen (secondary N) is 1. The fraction of sp³-hybridized carbons (Fsp3) is 0.286. The van der Waals surface area contributed by atoms with E-state index in [1.807, 2.05) is 6.07 Å². The van der Waals surface area contributed by atoms with Gasteiger partial charge in [0.25, 0.3) is 0 Å². The molecule has 0 saturated carbocycles. The van der Waals surface area contributed by atoms with Crippen molar-refractivity contribution < 1.29 is 9.13 Å². The van der Waals surface area contributed by atoms with E-state index in [-0.39, 0.29) is 5.82 Å². The lowest BCUT2D eigenvalue weighted by molar-refractivity contribution is 0.107. The highest BCUT2D eigenvalue weighted by molar-refractivity contribution is 5.47. The Morgan fingerprint density at radius 3 is 3.16 bits per heavy atom. The molecular formula is C14H14FN3O. The Kier molecular flexibility index (Phi) is 3.37. The van der Waals surface area contributed by atoms with E-state index in [1.54, 1.807) is 6.07 Å². The van der Waals surface area contributed by atoms with Crippen molar-refractivity contribution in [2.24, 2.45) is 0 Å². The van der Waals surface area contributed by atoms with Gasteiger partial charge in [-0.3, -0.25) is 0 Å². The highest BCUT2D eigenvalue weighted by Gasteiger charge is 2.15. The lowest BCUT2D eigenvalue weighted by Crippen LogP contribution is -2.16. The molecule has 1 N–H and O–H groups in total. The standard InChI is InChI=1S/C14H14FN3O/c15-11-3-1-2-10(6-11)7-16-14-12-4-5-19-8-13(12)17-9-18-14/h1-3,6,9H,4-5,7-8H2,(H,16,17,18). The lowest BCUT2D eigenvalue weighted by Gasteiger charge is -2.18. The average Bonchev–Trinajstić information content (AvgIpc) is 2.45. The van der Waals surface area contributed by atoms with Gasteiger partial charge < -0.3 is 10.1 Å². The Morgan fingerprint density at radius 2 is 2.26 bits per heavy atom. The zero-order valence-corrected chi connectivity index (χ0v) is 10.4. The Hall–Kier alpha value is -2.01. The predicted octanol–water partition coefficient (Wildman–Crippen LogP) is 2.30. The molecule has 2 aromatic rings. The maximum Gasteiger partial charge on any atom is 0.133 e. The summed E-state index contributed by atoms with van der Waals surface area (Å²) in [7, 11) is 0. The first-order chi connectivity index (χ1) is 9.33. The van der Waals surface area contributed by atoms with Gasteiger partial charge in [0.15, 0.2) is 0 Å². The van der Waals surface area contributed by atoms with Crippen LogP contribution in [0, 0.1) is 5.82 Å². The number of aromatic nitrogens is 2. The van der Waals surface area contributed by atoms with E-state index in [2.05, 4.69) is 15.3 Å². The zero-order valence-electron chi connectivity index (χ0n) is 10.4. The monoisotopic (exact) mass is 259 g/mol. The number of hydrogen-bond acceptors (Lipinski definition) is 4. The van der Waals surface area contributed by atoms with Crippen LogP contribution in [0.5, 0.6) is 0 Å². The Bertz CT molecular complexity index is 589. The number of rotatable bonds is 3. The SMILES string of the molecule is Fc1cccc(CNc2ncnc3c2CCOC3)c1. The van der Waals surface area contributed by atoms with Crippen LogP contribution in [0.3, 0.4) is 0 Å². The van der Waals surface area contributed by atoms with Crippen molar-refractivity contribution in [3.8, 4) is 0 Å². The molecule has 0 radical (unpaired) electrons. The minimum absolute atomic E-state index is 0.225. The Morgan fingerprint density at radius 1 is 1.32 bits per heavy atom. The highest BCUT2D eigenvalue weighted by atomic mass is 19.1. The van der Waals surface area contributed by atoms with Crippen molar-refractivity contribution in [3.63, 3.8) is 0 Å². The molecule has 3 rings (SSSR count). The first-order valence-corrected chi connectivity index (χ1v) is 6.22. The second-order valence-electron chi connectivity index (χ2n) is 4.43. The molecule has 1 aromatic carbocycles. The van der Waals surface area contributed by atoms with Crippen LogP contribution in [-0.2, 0) is 24.3 Å². The Balaban J connectivity index is 1.77. The summed E-state index contributed by atoms with van der Waals surface area (Å²) in [6, 6.07) is 6.54. The molecule has 1 aliphatic heterocycles. The first-order valence-electron chi connectivity index (χ1n) is 6.22. The van der Waals surface area contributed by atoms with Crippen molar-refractivity contribution >= 4 is 5.82 Å². The maximum absolute atomic E-state index is 13.1. The van der Waals surface area contributed by atoms with E-state index in [9.17, 15) is 4.39 Å². The quantitative estimate of drug-likeness (QED) is 0.918. The fourth-order valence-corrected chi connectivity index (χ4v) is 2.16. The number of nitrogens with zero attached hydrogens (tertiary/aromatic N) is 2. The number of benzene rings is 1. The van der Waals surface area contributed by atoms with Crippen LogP contribution in [0.25, 0.3) is 0 Å². The van der Waals surface area contributed by atoms with Gasteiger partial charge in [-0.1, -0.05) is 12.1 Å². The van der Waals surface area contributed by atoms with Crippen molar-refractivity contribution in [2.75, 3.05) is 11.9 Å². The minimum atomic E-state index is -0.225. The molecule has 98 valence electrons. The topological polar surface area (TPSA) is 47.0 Å². The van der Waals surface area contributed by atoms with E-state index in [0.717, 1.165) is 29.1 Å². The number of hydrogen-bond donors (Lipinski definition) is 1. The van der Waals surface area contributed by atoms with Gasteiger partial charge in [-0.25, -0.2) is 14.4 Å². The van der Waals surface area contributed by atoms with Crippen molar-refractivity contribution in [2.45, 2.75) is 19.6 Å². The van der Waals surface area contributed by atoms with Crippen molar-refractivity contribution in [3.05, 3.63) is 53.2 Å². The molecule has 1 aliphatic rings. The molecule has 0 bridgehead atoms. The molecule has 1 aromatic heterocycles. The summed E-state index contributed by atoms with van der Waals surface area (Å²) in [5, 5.41) is 3.24. The second-order valence-corrected chi connectivity index (χ2v) is 4.43. The van der Waals surface area contributed by atoms with Crippen LogP contribution in [-0.4, -0.2) is 16.6 Å². The van der Waals surface area contributed by atoms with Gasteiger partial charge in [-0.2, -0.15) is 0 Å². The van der Waals surface area contributed by atoms with Crippen LogP contribution in [0.1, 0.15) is 16.8 Å². The number of halogens is 1. The molecule has 0 atom stereocenters. The van der Waals surface area contributed by atoms with Crippen LogP contribution in [0.15, 0.2) is 30.6 Å². The second kappa shape index (κ2) is 5.32. The molecular weight excluding hydrogens is 245 g/mol. The van der Waals surface area contributed by atoms with E-state index < -0.39 is 0 Å². The van der Waals surface area contributed by atoms with E-state index in [0.29, 0.717) is 19.8 Å². The predicted molar refractivity (Wildman–Crippen MR) is 69.1 cm³/mol. The van der Waals surface area contributed by atoms with Gasteiger partial charge in [-0.15, -0.1) is 0 Å². The molecule has 0 fully saturated rings. The normalized spacial score (nSPS) is 13.9. The molecule has 0 amide bonds. The number of ether oxygens (including phenoxy) is 1. The largest absolute Gasteiger partial charge is 0.375 e. The summed E-state index contributed by atoms with van der Waals surface area (Å²) in [4.78, 5) is 8.47. The lowest BCUT2D eigenvalue weighted by atomic mass is 10.1. The van der Waals surface area contributed by atoms with E-state index in [1.165, 1.54) is 18.5 Å². The average molecular weight is 259 g/mol. The third-order valence-electron chi connectivity index (χ3n) is 3.12. The zero-order chi connectivity index (χ0) is 13.1. The molecule has 5 heteroatoms. The molecule has 0 saturated heterocycles.